The van der Waals surface area contributed by atoms with Crippen molar-refractivity contribution >= 4 is 34.3 Å². The Morgan fingerprint density at radius 1 is 1.26 bits per heavy atom. The van der Waals surface area contributed by atoms with Gasteiger partial charge in [-0.25, -0.2) is 4.98 Å². The number of benzene rings is 1. The number of halogens is 1. The van der Waals surface area contributed by atoms with Crippen molar-refractivity contribution in [3.63, 3.8) is 0 Å². The number of hydrogen-bond donors (Lipinski definition) is 1. The average Bonchev–Trinajstić information content (AvgIpc) is 2.63. The second-order valence-corrected chi connectivity index (χ2v) is 6.93. The zero-order valence-electron chi connectivity index (χ0n) is 15.2. The summed E-state index contributed by atoms with van der Waals surface area (Å²) in [4.78, 5) is 41.1. The van der Waals surface area contributed by atoms with Crippen LogP contribution in [0.1, 0.15) is 44.0 Å². The minimum absolute atomic E-state index is 0.200. The van der Waals surface area contributed by atoms with Crippen LogP contribution in [0.4, 0.5) is 0 Å². The third-order valence-electron chi connectivity index (χ3n) is 4.63. The highest BCUT2D eigenvalue weighted by molar-refractivity contribution is 6.17. The number of ether oxygens (including phenoxy) is 1. The first-order valence-electron chi connectivity index (χ1n) is 9.07. The molecule has 1 aliphatic heterocycles. The Labute approximate surface area is 161 Å². The van der Waals surface area contributed by atoms with Gasteiger partial charge in [0.05, 0.1) is 12.0 Å². The lowest BCUT2D eigenvalue weighted by molar-refractivity contribution is -0.135. The molecule has 1 N–H and O–H groups in total. The minimum atomic E-state index is -0.729. The second-order valence-electron chi connectivity index (χ2n) is 6.55. The van der Waals surface area contributed by atoms with Crippen LogP contribution in [-0.2, 0) is 9.59 Å². The summed E-state index contributed by atoms with van der Waals surface area (Å²) in [7, 11) is 0. The van der Waals surface area contributed by atoms with E-state index in [1.54, 1.807) is 25.1 Å². The van der Waals surface area contributed by atoms with Crippen LogP contribution in [0.25, 0.3) is 10.9 Å². The standard InChI is InChI=1S/C19H22ClN3O4/c1-12-21-17-13(6-5-7-15(17)27-11-4-2-3-10-20)19(26)23(12)14-8-9-16(24)22-18(14)25/h5-7,14H,2-4,8-11H2,1H3,(H,22,24,25). The number of aryl methyl sites for hydroxylation is 1. The fourth-order valence-electron chi connectivity index (χ4n) is 3.27. The van der Waals surface area contributed by atoms with Crippen molar-refractivity contribution in [2.75, 3.05) is 12.5 Å². The van der Waals surface area contributed by atoms with Crippen LogP contribution in [0.3, 0.4) is 0 Å². The zero-order valence-corrected chi connectivity index (χ0v) is 15.9. The fourth-order valence-corrected chi connectivity index (χ4v) is 3.46. The van der Waals surface area contributed by atoms with Crippen molar-refractivity contribution in [3.8, 4) is 5.75 Å². The third-order valence-corrected chi connectivity index (χ3v) is 4.90. The Balaban J connectivity index is 1.92. The first-order chi connectivity index (χ1) is 13.0. The monoisotopic (exact) mass is 391 g/mol. The molecule has 1 aromatic heterocycles. The molecule has 144 valence electrons. The first-order valence-corrected chi connectivity index (χ1v) is 9.60. The first kappa shape index (κ1) is 19.4. The molecule has 2 amide bonds. The molecule has 0 aliphatic carbocycles. The van der Waals surface area contributed by atoms with E-state index >= 15 is 0 Å². The van der Waals surface area contributed by atoms with Gasteiger partial charge in [-0.15, -0.1) is 11.6 Å². The lowest BCUT2D eigenvalue weighted by Gasteiger charge is -2.24. The maximum Gasteiger partial charge on any atom is 0.262 e. The van der Waals surface area contributed by atoms with Crippen LogP contribution in [0, 0.1) is 6.92 Å². The number of carbonyl (C=O) groups excluding carboxylic acids is 2. The summed E-state index contributed by atoms with van der Waals surface area (Å²) in [5, 5.41) is 2.68. The predicted octanol–water partition coefficient (Wildman–Crippen LogP) is 2.47. The molecule has 27 heavy (non-hydrogen) atoms. The molecule has 0 radical (unpaired) electrons. The highest BCUT2D eigenvalue weighted by Crippen LogP contribution is 2.25. The highest BCUT2D eigenvalue weighted by Gasteiger charge is 2.30. The van der Waals surface area contributed by atoms with Crippen molar-refractivity contribution < 1.29 is 14.3 Å². The van der Waals surface area contributed by atoms with Gasteiger partial charge < -0.3 is 4.74 Å². The second kappa shape index (κ2) is 8.52. The Morgan fingerprint density at radius 2 is 2.07 bits per heavy atom. The van der Waals surface area contributed by atoms with Gasteiger partial charge in [0.1, 0.15) is 23.1 Å². The summed E-state index contributed by atoms with van der Waals surface area (Å²) >= 11 is 5.67. The van der Waals surface area contributed by atoms with E-state index in [1.807, 2.05) is 0 Å². The molecule has 7 nitrogen and oxygen atoms in total. The van der Waals surface area contributed by atoms with Gasteiger partial charge in [0.15, 0.2) is 0 Å². The summed E-state index contributed by atoms with van der Waals surface area (Å²) < 4.78 is 7.19. The SMILES string of the molecule is Cc1nc2c(OCCCCCCl)cccc2c(=O)n1C1CCC(=O)NC1=O. The van der Waals surface area contributed by atoms with E-state index in [-0.39, 0.29) is 24.3 Å². The number of fused-ring (bicyclic) bond motifs is 1. The van der Waals surface area contributed by atoms with Crippen LogP contribution in [0.5, 0.6) is 5.75 Å². The maximum atomic E-state index is 13.0. The summed E-state index contributed by atoms with van der Waals surface area (Å²) in [6.45, 7) is 2.20. The molecule has 3 rings (SSSR count). The molecule has 1 saturated heterocycles. The normalized spacial score (nSPS) is 17.2. The minimum Gasteiger partial charge on any atom is -0.491 e. The van der Waals surface area contributed by atoms with Crippen LogP contribution in [0.2, 0.25) is 0 Å². The number of nitrogens with one attached hydrogen (secondary N) is 1. The molecule has 2 aromatic rings. The van der Waals surface area contributed by atoms with E-state index in [2.05, 4.69) is 10.3 Å². The molecule has 0 bridgehead atoms. The van der Waals surface area contributed by atoms with Gasteiger partial charge in [-0.2, -0.15) is 0 Å². The lowest BCUT2D eigenvalue weighted by atomic mass is 10.1. The number of nitrogens with zero attached hydrogens (tertiary/aromatic N) is 2. The topological polar surface area (TPSA) is 90.3 Å². The summed E-state index contributed by atoms with van der Waals surface area (Å²) in [6, 6.07) is 4.47. The molecule has 1 atom stereocenters. The molecule has 1 aliphatic rings. The maximum absolute atomic E-state index is 13.0. The number of alkyl halides is 1. The molecule has 0 saturated carbocycles. The van der Waals surface area contributed by atoms with Gasteiger partial charge in [-0.05, 0) is 44.7 Å². The average molecular weight is 392 g/mol. The van der Waals surface area contributed by atoms with Crippen molar-refractivity contribution in [2.45, 2.75) is 45.1 Å². The lowest BCUT2D eigenvalue weighted by Crippen LogP contribution is -2.45. The molecule has 1 fully saturated rings. The van der Waals surface area contributed by atoms with Gasteiger partial charge in [0.2, 0.25) is 11.8 Å². The number of hydrogen-bond acceptors (Lipinski definition) is 5. The van der Waals surface area contributed by atoms with Gasteiger partial charge >= 0.3 is 0 Å². The van der Waals surface area contributed by atoms with E-state index in [1.165, 1.54) is 4.57 Å². The Hall–Kier alpha value is -2.41. The summed E-state index contributed by atoms with van der Waals surface area (Å²) in [6.07, 6.45) is 3.27. The van der Waals surface area contributed by atoms with Crippen molar-refractivity contribution in [2.24, 2.45) is 0 Å². The zero-order chi connectivity index (χ0) is 19.4. The summed E-state index contributed by atoms with van der Waals surface area (Å²) in [5.41, 5.74) is 0.181. The van der Waals surface area contributed by atoms with E-state index in [4.69, 9.17) is 16.3 Å². The van der Waals surface area contributed by atoms with Gasteiger partial charge in [0, 0.05) is 12.3 Å². The molecule has 1 unspecified atom stereocenters. The smallest absolute Gasteiger partial charge is 0.262 e. The number of piperidine rings is 1. The van der Waals surface area contributed by atoms with E-state index in [0.717, 1.165) is 19.3 Å². The van der Waals surface area contributed by atoms with Crippen molar-refractivity contribution in [1.82, 2.24) is 14.9 Å². The van der Waals surface area contributed by atoms with Crippen LogP contribution < -0.4 is 15.6 Å². The molecular formula is C19H22ClN3O4. The van der Waals surface area contributed by atoms with E-state index < -0.39 is 11.9 Å². The van der Waals surface area contributed by atoms with E-state index in [0.29, 0.717) is 35.0 Å². The Bertz CT molecular complexity index is 925. The van der Waals surface area contributed by atoms with E-state index in [9.17, 15) is 14.4 Å². The largest absolute Gasteiger partial charge is 0.491 e. The van der Waals surface area contributed by atoms with Gasteiger partial charge in [0.25, 0.3) is 5.56 Å². The third kappa shape index (κ3) is 4.13. The van der Waals surface area contributed by atoms with Crippen LogP contribution in [-0.4, -0.2) is 33.9 Å². The fraction of sp³-hybridized carbons (Fsp3) is 0.474. The summed E-state index contributed by atoms with van der Waals surface area (Å²) in [5.74, 6) is 0.813. The quantitative estimate of drug-likeness (QED) is 0.445. The Morgan fingerprint density at radius 3 is 2.81 bits per heavy atom. The van der Waals surface area contributed by atoms with Crippen molar-refractivity contribution in [3.05, 3.63) is 34.4 Å². The molecule has 0 spiro atoms. The van der Waals surface area contributed by atoms with Gasteiger partial charge in [-0.3, -0.25) is 24.3 Å². The predicted molar refractivity (Wildman–Crippen MR) is 102 cm³/mol. The molecular weight excluding hydrogens is 370 g/mol. The number of unbranched alkanes of at least 4 members (excludes halogenated alkanes) is 2. The number of imide groups is 1. The number of rotatable bonds is 7. The molecule has 1 aromatic carbocycles. The highest BCUT2D eigenvalue weighted by atomic mass is 35.5. The number of aromatic nitrogens is 2. The van der Waals surface area contributed by atoms with Gasteiger partial charge in [-0.1, -0.05) is 6.07 Å². The van der Waals surface area contributed by atoms with Crippen LogP contribution >= 0.6 is 11.6 Å². The molecule has 8 heteroatoms. The van der Waals surface area contributed by atoms with Crippen molar-refractivity contribution in [1.29, 1.82) is 0 Å². The Kier molecular flexibility index (Phi) is 6.11. The van der Waals surface area contributed by atoms with Crippen LogP contribution in [0.15, 0.2) is 23.0 Å². The molecule has 2 heterocycles. The number of para-hydroxylation sites is 1. The number of carbonyl (C=O) groups is 2. The number of amides is 2.